The van der Waals surface area contributed by atoms with Gasteiger partial charge in [0.1, 0.15) is 5.54 Å². The maximum absolute atomic E-state index is 11.5. The lowest BCUT2D eigenvalue weighted by Crippen LogP contribution is -2.55. The maximum atomic E-state index is 11.5. The van der Waals surface area contributed by atoms with E-state index in [1.165, 1.54) is 0 Å². The molecule has 0 radical (unpaired) electrons. The third kappa shape index (κ3) is 3.74. The summed E-state index contributed by atoms with van der Waals surface area (Å²) in [4.78, 5) is 13.5. The van der Waals surface area contributed by atoms with E-state index in [1.807, 2.05) is 32.8 Å². The number of esters is 1. The van der Waals surface area contributed by atoms with Crippen molar-refractivity contribution in [2.24, 2.45) is 0 Å². The SMILES string of the molecule is CCOC(=O)C(C)(CN(C)C)NC. The number of carbonyl (C=O) groups is 1. The first-order valence-electron chi connectivity index (χ1n) is 4.47. The van der Waals surface area contributed by atoms with Crippen LogP contribution in [0.1, 0.15) is 13.8 Å². The summed E-state index contributed by atoms with van der Waals surface area (Å²) in [7, 11) is 5.62. The van der Waals surface area contributed by atoms with Crippen molar-refractivity contribution in [1.29, 1.82) is 0 Å². The lowest BCUT2D eigenvalue weighted by Gasteiger charge is -2.29. The van der Waals surface area contributed by atoms with Gasteiger partial charge in [-0.05, 0) is 35.0 Å². The maximum Gasteiger partial charge on any atom is 0.327 e. The summed E-state index contributed by atoms with van der Waals surface area (Å²) in [5.41, 5.74) is -0.612. The monoisotopic (exact) mass is 188 g/mol. The van der Waals surface area contributed by atoms with Crippen LogP contribution in [0.15, 0.2) is 0 Å². The van der Waals surface area contributed by atoms with Crippen molar-refractivity contribution in [2.45, 2.75) is 19.4 Å². The van der Waals surface area contributed by atoms with Crippen LogP contribution in [-0.4, -0.2) is 50.7 Å². The largest absolute Gasteiger partial charge is 0.465 e. The molecule has 78 valence electrons. The normalized spacial score (nSPS) is 15.5. The van der Waals surface area contributed by atoms with Gasteiger partial charge in [-0.2, -0.15) is 0 Å². The van der Waals surface area contributed by atoms with Gasteiger partial charge in [-0.1, -0.05) is 0 Å². The average molecular weight is 188 g/mol. The summed E-state index contributed by atoms with van der Waals surface area (Å²) in [6.07, 6.45) is 0. The second kappa shape index (κ2) is 5.19. The van der Waals surface area contributed by atoms with E-state index in [-0.39, 0.29) is 5.97 Å². The van der Waals surface area contributed by atoms with Crippen molar-refractivity contribution < 1.29 is 9.53 Å². The van der Waals surface area contributed by atoms with E-state index in [1.54, 1.807) is 7.05 Å². The Hall–Kier alpha value is -0.610. The number of nitrogens with zero attached hydrogens (tertiary/aromatic N) is 1. The third-order valence-corrected chi connectivity index (χ3v) is 1.91. The van der Waals surface area contributed by atoms with E-state index in [0.717, 1.165) is 0 Å². The summed E-state index contributed by atoms with van der Waals surface area (Å²) < 4.78 is 4.97. The van der Waals surface area contributed by atoms with Gasteiger partial charge in [0, 0.05) is 6.54 Å². The molecule has 0 spiro atoms. The van der Waals surface area contributed by atoms with E-state index in [2.05, 4.69) is 5.32 Å². The van der Waals surface area contributed by atoms with Crippen LogP contribution >= 0.6 is 0 Å². The van der Waals surface area contributed by atoms with Gasteiger partial charge in [0.25, 0.3) is 0 Å². The minimum atomic E-state index is -0.612. The van der Waals surface area contributed by atoms with Crippen molar-refractivity contribution in [2.75, 3.05) is 34.3 Å². The molecule has 0 bridgehead atoms. The van der Waals surface area contributed by atoms with E-state index in [0.29, 0.717) is 13.2 Å². The molecule has 1 unspecified atom stereocenters. The molecule has 0 aliphatic carbocycles. The fourth-order valence-electron chi connectivity index (χ4n) is 1.17. The zero-order chi connectivity index (χ0) is 10.5. The highest BCUT2D eigenvalue weighted by Gasteiger charge is 2.33. The molecule has 0 aliphatic rings. The van der Waals surface area contributed by atoms with Crippen LogP contribution in [0.3, 0.4) is 0 Å². The van der Waals surface area contributed by atoms with Crippen LogP contribution in [0.5, 0.6) is 0 Å². The minimum absolute atomic E-state index is 0.203. The molecule has 0 amide bonds. The molecular formula is C9H20N2O2. The number of likely N-dealkylation sites (N-methyl/N-ethyl adjacent to an activating group) is 2. The van der Waals surface area contributed by atoms with E-state index >= 15 is 0 Å². The van der Waals surface area contributed by atoms with Crippen LogP contribution in [0, 0.1) is 0 Å². The second-order valence-corrected chi connectivity index (χ2v) is 3.54. The third-order valence-electron chi connectivity index (χ3n) is 1.91. The molecule has 0 aromatic carbocycles. The molecule has 0 saturated heterocycles. The Morgan fingerprint density at radius 2 is 2.08 bits per heavy atom. The lowest BCUT2D eigenvalue weighted by molar-refractivity contribution is -0.150. The predicted molar refractivity (Wildman–Crippen MR) is 52.7 cm³/mol. The number of hydrogen-bond donors (Lipinski definition) is 1. The van der Waals surface area contributed by atoms with Gasteiger partial charge >= 0.3 is 5.97 Å². The molecule has 0 aromatic rings. The standard InChI is InChI=1S/C9H20N2O2/c1-6-13-8(12)9(2,10-3)7-11(4)5/h10H,6-7H2,1-5H3. The fraction of sp³-hybridized carbons (Fsp3) is 0.889. The molecule has 0 aromatic heterocycles. The van der Waals surface area contributed by atoms with Crippen LogP contribution in [0.2, 0.25) is 0 Å². The summed E-state index contributed by atoms with van der Waals surface area (Å²) in [5.74, 6) is -0.203. The van der Waals surface area contributed by atoms with Crippen molar-refractivity contribution in [3.8, 4) is 0 Å². The highest BCUT2D eigenvalue weighted by molar-refractivity contribution is 5.80. The molecule has 0 aliphatic heterocycles. The van der Waals surface area contributed by atoms with Gasteiger partial charge in [0.05, 0.1) is 6.61 Å². The molecule has 0 fully saturated rings. The summed E-state index contributed by atoms with van der Waals surface area (Å²) in [5, 5.41) is 2.98. The summed E-state index contributed by atoms with van der Waals surface area (Å²) >= 11 is 0. The lowest BCUT2D eigenvalue weighted by atomic mass is 10.0. The quantitative estimate of drug-likeness (QED) is 0.621. The second-order valence-electron chi connectivity index (χ2n) is 3.54. The number of ether oxygens (including phenoxy) is 1. The number of rotatable bonds is 5. The van der Waals surface area contributed by atoms with Crippen LogP contribution < -0.4 is 5.32 Å². The van der Waals surface area contributed by atoms with Crippen LogP contribution in [0.25, 0.3) is 0 Å². The number of nitrogens with one attached hydrogen (secondary N) is 1. The first-order chi connectivity index (χ1) is 5.96. The summed E-state index contributed by atoms with van der Waals surface area (Å²) in [6, 6.07) is 0. The van der Waals surface area contributed by atoms with E-state index in [4.69, 9.17) is 4.74 Å². The van der Waals surface area contributed by atoms with E-state index in [9.17, 15) is 4.79 Å². The molecule has 0 rings (SSSR count). The Morgan fingerprint density at radius 1 is 1.54 bits per heavy atom. The predicted octanol–water partition coefficient (Wildman–Crippen LogP) is 0.0892. The van der Waals surface area contributed by atoms with Gasteiger partial charge < -0.3 is 15.0 Å². The van der Waals surface area contributed by atoms with Gasteiger partial charge in [0.15, 0.2) is 0 Å². The summed E-state index contributed by atoms with van der Waals surface area (Å²) in [6.45, 7) is 4.69. The molecular weight excluding hydrogens is 168 g/mol. The molecule has 1 N–H and O–H groups in total. The van der Waals surface area contributed by atoms with Crippen molar-refractivity contribution >= 4 is 5.97 Å². The topological polar surface area (TPSA) is 41.6 Å². The van der Waals surface area contributed by atoms with Crippen molar-refractivity contribution in [3.63, 3.8) is 0 Å². The average Bonchev–Trinajstić information content (AvgIpc) is 2.03. The molecule has 1 atom stereocenters. The zero-order valence-electron chi connectivity index (χ0n) is 9.18. The van der Waals surface area contributed by atoms with Gasteiger partial charge in [-0.25, -0.2) is 0 Å². The smallest absolute Gasteiger partial charge is 0.327 e. The van der Waals surface area contributed by atoms with Crippen LogP contribution in [0.4, 0.5) is 0 Å². The van der Waals surface area contributed by atoms with Crippen molar-refractivity contribution in [3.05, 3.63) is 0 Å². The van der Waals surface area contributed by atoms with Gasteiger partial charge in [-0.15, -0.1) is 0 Å². The highest BCUT2D eigenvalue weighted by atomic mass is 16.5. The Balaban J connectivity index is 4.33. The molecule has 4 heteroatoms. The van der Waals surface area contributed by atoms with Gasteiger partial charge in [0.2, 0.25) is 0 Å². The molecule has 0 saturated carbocycles. The van der Waals surface area contributed by atoms with Crippen LogP contribution in [-0.2, 0) is 9.53 Å². The fourth-order valence-corrected chi connectivity index (χ4v) is 1.17. The molecule has 13 heavy (non-hydrogen) atoms. The van der Waals surface area contributed by atoms with Gasteiger partial charge in [-0.3, -0.25) is 4.79 Å². The Morgan fingerprint density at radius 3 is 2.38 bits per heavy atom. The Bertz CT molecular complexity index is 171. The first-order valence-corrected chi connectivity index (χ1v) is 4.47. The minimum Gasteiger partial charge on any atom is -0.465 e. The molecule has 0 heterocycles. The van der Waals surface area contributed by atoms with Crippen molar-refractivity contribution in [1.82, 2.24) is 10.2 Å². The Kier molecular flexibility index (Phi) is 4.95. The highest BCUT2D eigenvalue weighted by Crippen LogP contribution is 2.06. The Labute approximate surface area is 80.2 Å². The number of carbonyl (C=O) groups excluding carboxylic acids is 1. The van der Waals surface area contributed by atoms with E-state index < -0.39 is 5.54 Å². The first kappa shape index (κ1) is 12.4. The number of hydrogen-bond acceptors (Lipinski definition) is 4. The molecule has 4 nitrogen and oxygen atoms in total. The zero-order valence-corrected chi connectivity index (χ0v) is 9.18.